The molecule has 3 aliphatic rings. The van der Waals surface area contributed by atoms with Crippen LogP contribution in [-0.4, -0.2) is 88.1 Å². The van der Waals surface area contributed by atoms with Crippen molar-refractivity contribution in [2.75, 3.05) is 25.7 Å². The maximum absolute atomic E-state index is 12.9. The van der Waals surface area contributed by atoms with Crippen molar-refractivity contribution in [3.05, 3.63) is 22.3 Å². The predicted molar refractivity (Wildman–Crippen MR) is 120 cm³/mol. The fraction of sp³-hybridized carbons (Fsp3) is 0.474. The van der Waals surface area contributed by atoms with E-state index >= 15 is 0 Å². The summed E-state index contributed by atoms with van der Waals surface area (Å²) in [5.41, 5.74) is 5.88. The Morgan fingerprint density at radius 2 is 2.12 bits per heavy atom. The zero-order chi connectivity index (χ0) is 24.6. The lowest BCUT2D eigenvalue weighted by Gasteiger charge is -2.49. The third kappa shape index (κ3) is 4.21. The zero-order valence-electron chi connectivity index (χ0n) is 18.0. The highest BCUT2D eigenvalue weighted by Crippen LogP contribution is 2.43. The Balaban J connectivity index is 1.51. The molecule has 0 radical (unpaired) electrons. The first-order valence-electron chi connectivity index (χ1n) is 10.0. The molecule has 3 aliphatic heterocycles. The number of carboxylic acid groups (broad SMARTS) is 1. The van der Waals surface area contributed by atoms with Crippen LogP contribution in [0.25, 0.3) is 0 Å². The van der Waals surface area contributed by atoms with Crippen molar-refractivity contribution in [2.24, 2.45) is 5.16 Å². The molecule has 0 saturated carbocycles. The van der Waals surface area contributed by atoms with Crippen molar-refractivity contribution >= 4 is 57.7 Å². The number of nitrogens with zero attached hydrogens (tertiary/aromatic N) is 3. The van der Waals surface area contributed by atoms with E-state index in [4.69, 9.17) is 20.0 Å². The first-order chi connectivity index (χ1) is 16.3. The van der Waals surface area contributed by atoms with Crippen LogP contribution in [0.5, 0.6) is 0 Å². The first kappa shape index (κ1) is 24.0. The van der Waals surface area contributed by atoms with Crippen molar-refractivity contribution < 1.29 is 38.6 Å². The van der Waals surface area contributed by atoms with Crippen LogP contribution in [-0.2, 0) is 33.5 Å². The molecule has 34 heavy (non-hydrogen) atoms. The predicted octanol–water partition coefficient (Wildman–Crippen LogP) is -0.465. The van der Waals surface area contributed by atoms with Crippen molar-refractivity contribution in [3.8, 4) is 0 Å². The highest BCUT2D eigenvalue weighted by atomic mass is 32.2. The van der Waals surface area contributed by atoms with Crippen molar-refractivity contribution in [1.82, 2.24) is 15.2 Å². The van der Waals surface area contributed by atoms with Crippen LogP contribution in [0.1, 0.15) is 18.5 Å². The van der Waals surface area contributed by atoms with Gasteiger partial charge in [0.15, 0.2) is 16.9 Å². The van der Waals surface area contributed by atoms with Gasteiger partial charge in [0.25, 0.3) is 11.8 Å². The van der Waals surface area contributed by atoms with E-state index < -0.39 is 47.4 Å². The smallest absolute Gasteiger partial charge is 0.352 e. The molecule has 0 spiro atoms. The molecule has 4 heterocycles. The van der Waals surface area contributed by atoms with Gasteiger partial charge in [0.2, 0.25) is 0 Å². The Hall–Kier alpha value is -3.17. The second-order valence-corrected chi connectivity index (χ2v) is 9.44. The molecule has 2 fully saturated rings. The van der Waals surface area contributed by atoms with Gasteiger partial charge in [0.05, 0.1) is 13.2 Å². The van der Waals surface area contributed by atoms with Gasteiger partial charge in [-0.2, -0.15) is 0 Å². The number of fused-ring (bicyclic) bond motifs is 1. The molecule has 4 rings (SSSR count). The maximum atomic E-state index is 12.9. The summed E-state index contributed by atoms with van der Waals surface area (Å²) in [7, 11) is 2.51. The molecule has 0 unspecified atom stereocenters. The van der Waals surface area contributed by atoms with E-state index in [1.807, 2.05) is 0 Å². The molecule has 1 aromatic heterocycles. The Kier molecular flexibility index (Phi) is 6.77. The number of thiazole rings is 1. The van der Waals surface area contributed by atoms with Crippen molar-refractivity contribution in [3.63, 3.8) is 0 Å². The number of amides is 2. The highest BCUT2D eigenvalue weighted by molar-refractivity contribution is 8.00. The van der Waals surface area contributed by atoms with Crippen molar-refractivity contribution in [1.29, 1.82) is 0 Å². The summed E-state index contributed by atoms with van der Waals surface area (Å²) in [4.78, 5) is 59.5. The van der Waals surface area contributed by atoms with Crippen LogP contribution >= 0.6 is 23.1 Å². The molecule has 182 valence electrons. The van der Waals surface area contributed by atoms with Crippen LogP contribution in [0.15, 0.2) is 21.8 Å². The number of hydrogen-bond donors (Lipinski definition) is 3. The summed E-state index contributed by atoms with van der Waals surface area (Å²) in [6.07, 6.45) is -0.595. The summed E-state index contributed by atoms with van der Waals surface area (Å²) in [5, 5.41) is 17.3. The molecule has 13 nitrogen and oxygen atoms in total. The number of esters is 1. The minimum Gasteiger partial charge on any atom is -0.477 e. The van der Waals surface area contributed by atoms with Gasteiger partial charge in [-0.15, -0.1) is 23.1 Å². The van der Waals surface area contributed by atoms with E-state index in [0.717, 1.165) is 16.2 Å². The average Bonchev–Trinajstić information content (AvgIpc) is 3.48. The lowest BCUT2D eigenvalue weighted by atomic mass is 9.99. The number of carbonyl (C=O) groups excluding carboxylic acids is 3. The lowest BCUT2D eigenvalue weighted by molar-refractivity contribution is -0.153. The topological polar surface area (TPSA) is 183 Å². The summed E-state index contributed by atoms with van der Waals surface area (Å²) < 4.78 is 10.4. The second-order valence-electron chi connectivity index (χ2n) is 7.45. The standard InChI is InChI=1S/C19H21N5O8S2/c1-30-18(29)10-4-3-9(32-10)7-5-33-16-12(15(26)24(16)13(7)17(27)28)22-14(25)11(23-31-2)8-6-34-19(20)21-8/h6,9-10,12,16H,3-5H2,1-2H3,(H2,20,21)(H,22,25)(H,27,28)/b23-11-/t9-,10+,12+,16+/m0/s1. The summed E-state index contributed by atoms with van der Waals surface area (Å²) in [6.45, 7) is 0. The first-order valence-corrected chi connectivity index (χ1v) is 12.0. The number of ether oxygens (including phenoxy) is 2. The zero-order valence-corrected chi connectivity index (χ0v) is 19.7. The molecule has 0 bridgehead atoms. The molecule has 2 saturated heterocycles. The molecule has 0 aliphatic carbocycles. The molecular weight excluding hydrogens is 490 g/mol. The molecule has 1 aromatic rings. The highest BCUT2D eigenvalue weighted by Gasteiger charge is 2.55. The molecule has 2 amide bonds. The second kappa shape index (κ2) is 9.60. The number of thioether (sulfide) groups is 1. The number of anilines is 1. The van der Waals surface area contributed by atoms with Gasteiger partial charge in [-0.05, 0) is 18.4 Å². The summed E-state index contributed by atoms with van der Waals surface area (Å²) in [5.74, 6) is -2.86. The number of carbonyl (C=O) groups is 4. The van der Waals surface area contributed by atoms with E-state index in [9.17, 15) is 24.3 Å². The summed E-state index contributed by atoms with van der Waals surface area (Å²) in [6, 6.07) is -0.973. The van der Waals surface area contributed by atoms with Gasteiger partial charge >= 0.3 is 11.9 Å². The number of nitrogens with two attached hydrogens (primary N) is 1. The number of methoxy groups -OCH3 is 1. The molecular formula is C19H21N5O8S2. The van der Waals surface area contributed by atoms with Crippen LogP contribution < -0.4 is 11.1 Å². The van der Waals surface area contributed by atoms with E-state index in [-0.39, 0.29) is 28.0 Å². The number of nitrogens with one attached hydrogen (secondary N) is 1. The molecule has 4 N–H and O–H groups in total. The number of aromatic nitrogens is 1. The Morgan fingerprint density at radius 1 is 1.35 bits per heavy atom. The third-order valence-electron chi connectivity index (χ3n) is 5.52. The van der Waals surface area contributed by atoms with Crippen LogP contribution in [0.3, 0.4) is 0 Å². The number of hydrogen-bond acceptors (Lipinski definition) is 12. The van der Waals surface area contributed by atoms with E-state index in [2.05, 4.69) is 15.5 Å². The number of aliphatic carboxylic acids is 1. The largest absolute Gasteiger partial charge is 0.477 e. The summed E-state index contributed by atoms with van der Waals surface area (Å²) >= 11 is 2.40. The fourth-order valence-corrected chi connectivity index (χ4v) is 5.95. The molecule has 4 atom stereocenters. The van der Waals surface area contributed by atoms with Gasteiger partial charge in [-0.25, -0.2) is 14.6 Å². The van der Waals surface area contributed by atoms with E-state index in [0.29, 0.717) is 18.4 Å². The number of β-lactam (4-membered cyclic amide) rings is 1. The maximum Gasteiger partial charge on any atom is 0.352 e. The van der Waals surface area contributed by atoms with Gasteiger partial charge in [0.1, 0.15) is 29.9 Å². The van der Waals surface area contributed by atoms with Crippen LogP contribution in [0.2, 0.25) is 0 Å². The van der Waals surface area contributed by atoms with E-state index in [1.54, 1.807) is 0 Å². The quantitative estimate of drug-likeness (QED) is 0.186. The SMILES string of the molecule is CO/N=C(\C(=O)N[C@@H]1C(=O)N2C(C(=O)O)=C([C@@H]3CC[C@H](C(=O)OC)O3)CS[C@H]12)c1csc(N)n1. The van der Waals surface area contributed by atoms with Crippen LogP contribution in [0, 0.1) is 0 Å². The van der Waals surface area contributed by atoms with Gasteiger partial charge in [-0.3, -0.25) is 14.5 Å². The third-order valence-corrected chi connectivity index (χ3v) is 7.50. The van der Waals surface area contributed by atoms with E-state index in [1.165, 1.54) is 31.4 Å². The number of nitrogen functional groups attached to an aromatic ring is 1. The average molecular weight is 512 g/mol. The monoisotopic (exact) mass is 511 g/mol. The minimum absolute atomic E-state index is 0.162. The van der Waals surface area contributed by atoms with Gasteiger partial charge < -0.3 is 30.5 Å². The number of oxime groups is 1. The Labute approximate surface area is 201 Å². The van der Waals surface area contributed by atoms with Gasteiger partial charge in [-0.1, -0.05) is 5.16 Å². The normalized spacial score (nSPS) is 26.6. The van der Waals surface area contributed by atoms with Gasteiger partial charge in [0, 0.05) is 11.1 Å². The van der Waals surface area contributed by atoms with Crippen molar-refractivity contribution in [2.45, 2.75) is 36.5 Å². The minimum atomic E-state index is -1.29. The molecule has 15 heteroatoms. The lowest BCUT2D eigenvalue weighted by Crippen LogP contribution is -2.71. The number of carboxylic acids is 1. The van der Waals surface area contributed by atoms with Crippen LogP contribution in [0.4, 0.5) is 5.13 Å². The Morgan fingerprint density at radius 3 is 2.74 bits per heavy atom. The molecule has 0 aromatic carbocycles. The Bertz CT molecular complexity index is 1100. The fourth-order valence-electron chi connectivity index (χ4n) is 3.99. The number of rotatable bonds is 7.